The molecule has 0 heterocycles. The van der Waals surface area contributed by atoms with Crippen LogP contribution in [-0.4, -0.2) is 49.0 Å². The molecule has 2 N–H and O–H groups in total. The summed E-state index contributed by atoms with van der Waals surface area (Å²) in [6.07, 6.45) is 5.09. The van der Waals surface area contributed by atoms with Gasteiger partial charge in [0.1, 0.15) is 11.3 Å². The number of hydrogen-bond donors (Lipinski definition) is 2. The molecule has 26 heavy (non-hydrogen) atoms. The summed E-state index contributed by atoms with van der Waals surface area (Å²) in [6.45, 7) is -0.0520. The third kappa shape index (κ3) is 4.37. The lowest BCUT2D eigenvalue weighted by molar-refractivity contribution is -0.126. The van der Waals surface area contributed by atoms with Crippen molar-refractivity contribution in [1.82, 2.24) is 15.5 Å². The van der Waals surface area contributed by atoms with Crippen molar-refractivity contribution < 1.29 is 14.3 Å². The molecular formula is C19H24ClN3O3. The number of hydrogen-bond acceptors (Lipinski definition) is 4. The summed E-state index contributed by atoms with van der Waals surface area (Å²) in [5, 5.41) is 6.57. The van der Waals surface area contributed by atoms with E-state index >= 15 is 0 Å². The van der Waals surface area contributed by atoms with Crippen LogP contribution in [0.3, 0.4) is 0 Å². The number of rotatable bonds is 7. The first-order valence-electron chi connectivity index (χ1n) is 8.75. The van der Waals surface area contributed by atoms with Crippen LogP contribution >= 0.6 is 11.6 Å². The predicted molar refractivity (Wildman–Crippen MR) is 100.0 cm³/mol. The van der Waals surface area contributed by atoms with E-state index in [0.717, 1.165) is 18.5 Å². The zero-order chi connectivity index (χ0) is 18.7. The second-order valence-corrected chi connectivity index (χ2v) is 7.49. The Labute approximate surface area is 158 Å². The van der Waals surface area contributed by atoms with E-state index in [-0.39, 0.29) is 30.0 Å². The monoisotopic (exact) mass is 377 g/mol. The number of nitrogens with zero attached hydrogens (tertiary/aromatic N) is 1. The van der Waals surface area contributed by atoms with E-state index < -0.39 is 0 Å². The molecule has 0 spiro atoms. The Morgan fingerprint density at radius 1 is 1.27 bits per heavy atom. The summed E-state index contributed by atoms with van der Waals surface area (Å²) in [7, 11) is 3.86. The van der Waals surface area contributed by atoms with Crippen LogP contribution in [0.5, 0.6) is 5.75 Å². The minimum absolute atomic E-state index is 0.0128. The van der Waals surface area contributed by atoms with Gasteiger partial charge in [-0.05, 0) is 57.6 Å². The standard InChI is InChI=1S/C19H24ClN3O3/c1-23(2)19(9-10-19)18(25)22-15-6-5-14(11-15)21-17(24)12-26-16-7-3-13(20)4-8-16/h3-4,6-8,14H,5,9-12H2,1-2H3,(H,21,24)(H,22,25)/t14-/m0/s1. The molecule has 3 rings (SSSR count). The molecule has 1 aromatic rings. The Kier molecular flexibility index (Phi) is 5.53. The Morgan fingerprint density at radius 2 is 1.96 bits per heavy atom. The molecule has 0 bridgehead atoms. The number of ether oxygens (including phenoxy) is 1. The van der Waals surface area contributed by atoms with Crippen LogP contribution in [0.25, 0.3) is 0 Å². The zero-order valence-electron chi connectivity index (χ0n) is 15.0. The zero-order valence-corrected chi connectivity index (χ0v) is 15.8. The fourth-order valence-corrected chi connectivity index (χ4v) is 3.26. The number of likely N-dealkylation sites (N-methyl/N-ethyl adjacent to an activating group) is 1. The highest BCUT2D eigenvalue weighted by Crippen LogP contribution is 2.40. The number of halogens is 1. The molecular weight excluding hydrogens is 354 g/mol. The maximum Gasteiger partial charge on any atom is 0.258 e. The second kappa shape index (κ2) is 7.68. The van der Waals surface area contributed by atoms with Crippen molar-refractivity contribution in [2.75, 3.05) is 20.7 Å². The average Bonchev–Trinajstić information content (AvgIpc) is 3.32. The van der Waals surface area contributed by atoms with Crippen molar-refractivity contribution in [3.8, 4) is 5.75 Å². The van der Waals surface area contributed by atoms with Gasteiger partial charge < -0.3 is 15.4 Å². The van der Waals surface area contributed by atoms with E-state index in [1.165, 1.54) is 0 Å². The molecule has 0 unspecified atom stereocenters. The molecule has 2 aliphatic rings. The van der Waals surface area contributed by atoms with E-state index in [9.17, 15) is 9.59 Å². The SMILES string of the molecule is CN(C)C1(C(=O)NC2=CC[C@H](NC(=O)COc3ccc(Cl)cc3)C2)CC1. The molecule has 140 valence electrons. The van der Waals surface area contributed by atoms with Gasteiger partial charge in [-0.1, -0.05) is 17.7 Å². The third-order valence-electron chi connectivity index (χ3n) is 4.94. The van der Waals surface area contributed by atoms with Gasteiger partial charge in [-0.15, -0.1) is 0 Å². The average molecular weight is 378 g/mol. The van der Waals surface area contributed by atoms with Crippen LogP contribution < -0.4 is 15.4 Å². The molecule has 1 fully saturated rings. The highest BCUT2D eigenvalue weighted by atomic mass is 35.5. The molecule has 0 aromatic heterocycles. The van der Waals surface area contributed by atoms with Crippen LogP contribution in [0.1, 0.15) is 25.7 Å². The first-order chi connectivity index (χ1) is 12.4. The van der Waals surface area contributed by atoms with Crippen LogP contribution in [0, 0.1) is 0 Å². The topological polar surface area (TPSA) is 70.7 Å². The van der Waals surface area contributed by atoms with Gasteiger partial charge in [0, 0.05) is 23.2 Å². The van der Waals surface area contributed by atoms with Gasteiger partial charge in [0.25, 0.3) is 5.91 Å². The lowest BCUT2D eigenvalue weighted by Gasteiger charge is -2.23. The van der Waals surface area contributed by atoms with Crippen molar-refractivity contribution in [2.45, 2.75) is 37.3 Å². The maximum atomic E-state index is 12.4. The van der Waals surface area contributed by atoms with E-state index in [0.29, 0.717) is 23.6 Å². The molecule has 6 nitrogen and oxygen atoms in total. The first kappa shape index (κ1) is 18.7. The number of carbonyl (C=O) groups excluding carboxylic acids is 2. The van der Waals surface area contributed by atoms with E-state index in [2.05, 4.69) is 10.6 Å². The highest BCUT2D eigenvalue weighted by Gasteiger charge is 2.52. The lowest BCUT2D eigenvalue weighted by atomic mass is 10.2. The summed E-state index contributed by atoms with van der Waals surface area (Å²) in [5.74, 6) is 0.463. The van der Waals surface area contributed by atoms with Gasteiger partial charge >= 0.3 is 0 Å². The molecule has 1 aromatic carbocycles. The highest BCUT2D eigenvalue weighted by molar-refractivity contribution is 6.30. The van der Waals surface area contributed by atoms with Crippen molar-refractivity contribution in [1.29, 1.82) is 0 Å². The lowest BCUT2D eigenvalue weighted by Crippen LogP contribution is -2.45. The molecule has 7 heteroatoms. The Hall–Kier alpha value is -2.05. The van der Waals surface area contributed by atoms with Gasteiger partial charge in [0.15, 0.2) is 6.61 Å². The van der Waals surface area contributed by atoms with Crippen molar-refractivity contribution in [3.05, 3.63) is 41.1 Å². The smallest absolute Gasteiger partial charge is 0.258 e. The molecule has 2 amide bonds. The third-order valence-corrected chi connectivity index (χ3v) is 5.19. The number of benzene rings is 1. The second-order valence-electron chi connectivity index (χ2n) is 7.06. The number of nitrogens with one attached hydrogen (secondary N) is 2. The summed E-state index contributed by atoms with van der Waals surface area (Å²) < 4.78 is 5.44. The molecule has 0 aliphatic heterocycles. The van der Waals surface area contributed by atoms with Gasteiger partial charge in [0.05, 0.1) is 0 Å². The summed E-state index contributed by atoms with van der Waals surface area (Å²) >= 11 is 5.81. The van der Waals surface area contributed by atoms with Gasteiger partial charge in [-0.3, -0.25) is 14.5 Å². The van der Waals surface area contributed by atoms with E-state index in [1.807, 2.05) is 25.1 Å². The van der Waals surface area contributed by atoms with Crippen LogP contribution in [0.4, 0.5) is 0 Å². The molecule has 0 radical (unpaired) electrons. The Morgan fingerprint density at radius 3 is 2.58 bits per heavy atom. The molecule has 0 saturated heterocycles. The molecule has 1 atom stereocenters. The van der Waals surface area contributed by atoms with Gasteiger partial charge in [-0.2, -0.15) is 0 Å². The largest absolute Gasteiger partial charge is 0.484 e. The maximum absolute atomic E-state index is 12.4. The fourth-order valence-electron chi connectivity index (χ4n) is 3.14. The molecule has 2 aliphatic carbocycles. The molecule has 1 saturated carbocycles. The Bertz CT molecular complexity index is 711. The first-order valence-corrected chi connectivity index (χ1v) is 9.12. The predicted octanol–water partition coefficient (Wildman–Crippen LogP) is 2.09. The van der Waals surface area contributed by atoms with E-state index in [4.69, 9.17) is 16.3 Å². The minimum Gasteiger partial charge on any atom is -0.484 e. The van der Waals surface area contributed by atoms with E-state index in [1.54, 1.807) is 24.3 Å². The normalized spacial score (nSPS) is 20.5. The fraction of sp³-hybridized carbons (Fsp3) is 0.474. The van der Waals surface area contributed by atoms with Crippen molar-refractivity contribution >= 4 is 23.4 Å². The minimum atomic E-state index is -0.353. The van der Waals surface area contributed by atoms with Crippen molar-refractivity contribution in [2.24, 2.45) is 0 Å². The van der Waals surface area contributed by atoms with Crippen LogP contribution in [0.2, 0.25) is 5.02 Å². The Balaban J connectivity index is 1.40. The van der Waals surface area contributed by atoms with Crippen molar-refractivity contribution in [3.63, 3.8) is 0 Å². The number of amides is 2. The summed E-state index contributed by atoms with van der Waals surface area (Å²) in [4.78, 5) is 26.5. The summed E-state index contributed by atoms with van der Waals surface area (Å²) in [6, 6.07) is 6.86. The van der Waals surface area contributed by atoms with Crippen LogP contribution in [-0.2, 0) is 9.59 Å². The quantitative estimate of drug-likeness (QED) is 0.763. The van der Waals surface area contributed by atoms with Gasteiger partial charge in [0.2, 0.25) is 5.91 Å². The summed E-state index contributed by atoms with van der Waals surface area (Å²) in [5.41, 5.74) is 0.529. The number of carbonyl (C=O) groups is 2. The van der Waals surface area contributed by atoms with Crippen LogP contribution in [0.15, 0.2) is 36.0 Å². The van der Waals surface area contributed by atoms with Gasteiger partial charge in [-0.25, -0.2) is 0 Å².